The largest absolute Gasteiger partial charge is 0.365 e. The first-order valence-electron chi connectivity index (χ1n) is 9.57. The fraction of sp³-hybridized carbons (Fsp3) is 0.182. The SMILES string of the molecule is [C-]#[N+]c1ccc(CC(=O)N2CCn3nc(-c4ccc(F)c(Cl)c4)c(C(N)=O)c3C2)cc1F. The zero-order valence-corrected chi connectivity index (χ0v) is 17.4. The molecule has 2 N–H and O–H groups in total. The van der Waals surface area contributed by atoms with E-state index in [1.54, 1.807) is 4.68 Å². The zero-order chi connectivity index (χ0) is 23.0. The lowest BCUT2D eigenvalue weighted by molar-refractivity contribution is -0.132. The molecule has 3 aromatic rings. The molecule has 2 aromatic carbocycles. The van der Waals surface area contributed by atoms with E-state index < -0.39 is 17.5 Å². The van der Waals surface area contributed by atoms with E-state index in [1.165, 1.54) is 41.3 Å². The van der Waals surface area contributed by atoms with E-state index in [2.05, 4.69) is 9.94 Å². The fourth-order valence-electron chi connectivity index (χ4n) is 3.67. The smallest absolute Gasteiger partial charge is 0.252 e. The number of carbonyl (C=O) groups excluding carboxylic acids is 2. The highest BCUT2D eigenvalue weighted by Crippen LogP contribution is 2.31. The van der Waals surface area contributed by atoms with E-state index in [0.29, 0.717) is 29.9 Å². The first kappa shape index (κ1) is 21.5. The molecule has 0 aliphatic carbocycles. The lowest BCUT2D eigenvalue weighted by Crippen LogP contribution is -2.40. The van der Waals surface area contributed by atoms with Crippen LogP contribution in [0.3, 0.4) is 0 Å². The van der Waals surface area contributed by atoms with Gasteiger partial charge in [0.2, 0.25) is 11.6 Å². The highest BCUT2D eigenvalue weighted by Gasteiger charge is 2.29. The van der Waals surface area contributed by atoms with Crippen LogP contribution < -0.4 is 5.73 Å². The molecule has 162 valence electrons. The molecule has 0 spiro atoms. The summed E-state index contributed by atoms with van der Waals surface area (Å²) in [5.41, 5.74) is 7.23. The summed E-state index contributed by atoms with van der Waals surface area (Å²) in [5, 5.41) is 4.33. The Balaban J connectivity index is 1.61. The number of hydrogen-bond acceptors (Lipinski definition) is 3. The van der Waals surface area contributed by atoms with Crippen molar-refractivity contribution in [2.45, 2.75) is 19.5 Å². The van der Waals surface area contributed by atoms with Gasteiger partial charge in [-0.25, -0.2) is 13.6 Å². The molecule has 1 aliphatic heterocycles. The predicted molar refractivity (Wildman–Crippen MR) is 113 cm³/mol. The average molecular weight is 456 g/mol. The molecular weight excluding hydrogens is 440 g/mol. The van der Waals surface area contributed by atoms with Crippen LogP contribution in [-0.2, 0) is 24.3 Å². The van der Waals surface area contributed by atoms with E-state index >= 15 is 0 Å². The molecule has 0 atom stereocenters. The van der Waals surface area contributed by atoms with Crippen molar-refractivity contribution in [2.75, 3.05) is 6.54 Å². The van der Waals surface area contributed by atoms with Crippen molar-refractivity contribution in [2.24, 2.45) is 5.73 Å². The molecule has 0 unspecified atom stereocenters. The number of primary amides is 1. The van der Waals surface area contributed by atoms with Gasteiger partial charge < -0.3 is 10.6 Å². The number of amides is 2. The summed E-state index contributed by atoms with van der Waals surface area (Å²) >= 11 is 5.87. The van der Waals surface area contributed by atoms with Gasteiger partial charge in [-0.3, -0.25) is 14.3 Å². The van der Waals surface area contributed by atoms with Crippen LogP contribution >= 0.6 is 11.6 Å². The number of nitrogens with zero attached hydrogens (tertiary/aromatic N) is 4. The number of benzene rings is 2. The van der Waals surface area contributed by atoms with Gasteiger partial charge in [-0.1, -0.05) is 23.7 Å². The molecule has 1 aromatic heterocycles. The van der Waals surface area contributed by atoms with Crippen LogP contribution in [0.4, 0.5) is 14.5 Å². The summed E-state index contributed by atoms with van der Waals surface area (Å²) in [6.45, 7) is 7.64. The van der Waals surface area contributed by atoms with Crippen LogP contribution in [0.1, 0.15) is 21.6 Å². The van der Waals surface area contributed by atoms with Crippen molar-refractivity contribution in [3.63, 3.8) is 0 Å². The number of fused-ring (bicyclic) bond motifs is 1. The lowest BCUT2D eigenvalue weighted by atomic mass is 10.0. The van der Waals surface area contributed by atoms with E-state index in [4.69, 9.17) is 23.9 Å². The van der Waals surface area contributed by atoms with Crippen molar-refractivity contribution < 1.29 is 18.4 Å². The first-order valence-corrected chi connectivity index (χ1v) is 9.95. The second-order valence-corrected chi connectivity index (χ2v) is 7.68. The Labute approximate surface area is 186 Å². The molecule has 2 heterocycles. The van der Waals surface area contributed by atoms with Gasteiger partial charge in [0.05, 0.1) is 42.4 Å². The molecule has 10 heteroatoms. The Morgan fingerprint density at radius 3 is 2.59 bits per heavy atom. The summed E-state index contributed by atoms with van der Waals surface area (Å²) in [5.74, 6) is -2.28. The number of hydrogen-bond donors (Lipinski definition) is 1. The van der Waals surface area contributed by atoms with Gasteiger partial charge in [-0.2, -0.15) is 5.10 Å². The third kappa shape index (κ3) is 3.92. The fourth-order valence-corrected chi connectivity index (χ4v) is 3.85. The van der Waals surface area contributed by atoms with Gasteiger partial charge in [0.25, 0.3) is 5.91 Å². The minimum Gasteiger partial charge on any atom is -0.365 e. The first-order chi connectivity index (χ1) is 15.3. The van der Waals surface area contributed by atoms with Crippen molar-refractivity contribution in [3.05, 3.63) is 81.3 Å². The van der Waals surface area contributed by atoms with Crippen molar-refractivity contribution in [1.29, 1.82) is 0 Å². The quantitative estimate of drug-likeness (QED) is 0.608. The van der Waals surface area contributed by atoms with Crippen LogP contribution in [0, 0.1) is 18.2 Å². The van der Waals surface area contributed by atoms with Crippen molar-refractivity contribution in [1.82, 2.24) is 14.7 Å². The molecule has 0 saturated heterocycles. The molecular formula is C22H16ClF2N5O2. The predicted octanol–water partition coefficient (Wildman–Crippen LogP) is 3.72. The molecule has 0 radical (unpaired) electrons. The molecule has 2 amide bonds. The van der Waals surface area contributed by atoms with E-state index in [-0.39, 0.29) is 40.8 Å². The van der Waals surface area contributed by atoms with E-state index in [1.807, 2.05) is 0 Å². The van der Waals surface area contributed by atoms with Gasteiger partial charge >= 0.3 is 0 Å². The van der Waals surface area contributed by atoms with Gasteiger partial charge in [-0.15, -0.1) is 0 Å². The number of nitrogens with two attached hydrogens (primary N) is 1. The summed E-state index contributed by atoms with van der Waals surface area (Å²) in [7, 11) is 0. The third-order valence-corrected chi connectivity index (χ3v) is 5.55. The van der Waals surface area contributed by atoms with Crippen LogP contribution in [-0.4, -0.2) is 33.0 Å². The lowest BCUT2D eigenvalue weighted by Gasteiger charge is -2.28. The maximum atomic E-state index is 13.9. The van der Waals surface area contributed by atoms with Gasteiger partial charge in [0.1, 0.15) is 17.3 Å². The highest BCUT2D eigenvalue weighted by molar-refractivity contribution is 6.31. The summed E-state index contributed by atoms with van der Waals surface area (Å²) in [4.78, 5) is 29.7. The Hall–Kier alpha value is -3.77. The third-order valence-electron chi connectivity index (χ3n) is 5.26. The average Bonchev–Trinajstić information content (AvgIpc) is 3.14. The Morgan fingerprint density at radius 2 is 1.94 bits per heavy atom. The maximum absolute atomic E-state index is 13.9. The van der Waals surface area contributed by atoms with E-state index in [9.17, 15) is 18.4 Å². The van der Waals surface area contributed by atoms with Crippen LogP contribution in [0.15, 0.2) is 36.4 Å². The molecule has 0 saturated carbocycles. The monoisotopic (exact) mass is 455 g/mol. The number of rotatable bonds is 4. The Morgan fingerprint density at radius 1 is 1.16 bits per heavy atom. The number of halogens is 3. The molecule has 7 nitrogen and oxygen atoms in total. The normalized spacial score (nSPS) is 12.9. The van der Waals surface area contributed by atoms with Gasteiger partial charge in [0, 0.05) is 12.1 Å². The van der Waals surface area contributed by atoms with Crippen molar-refractivity contribution >= 4 is 29.1 Å². The van der Waals surface area contributed by atoms with Crippen LogP contribution in [0.2, 0.25) is 5.02 Å². The molecule has 0 fully saturated rings. The molecule has 0 bridgehead atoms. The standard InChI is InChI=1S/C22H16ClF2N5O2/c1-27-17-5-2-12(8-16(17)25)9-19(31)29-6-7-30-18(11-29)20(22(26)32)21(28-30)13-3-4-15(24)14(23)10-13/h2-5,8,10H,6-7,9,11H2,(H2,26,32). The number of carbonyl (C=O) groups is 2. The minimum atomic E-state index is -0.729. The number of aromatic nitrogens is 2. The molecule has 32 heavy (non-hydrogen) atoms. The van der Waals surface area contributed by atoms with Crippen LogP contribution in [0.25, 0.3) is 16.1 Å². The summed E-state index contributed by atoms with van der Waals surface area (Å²) in [6, 6.07) is 8.03. The van der Waals surface area contributed by atoms with E-state index in [0.717, 1.165) is 0 Å². The maximum Gasteiger partial charge on any atom is 0.252 e. The Bertz CT molecular complexity index is 1300. The minimum absolute atomic E-state index is 0.0599. The topological polar surface area (TPSA) is 85.6 Å². The van der Waals surface area contributed by atoms with Crippen LogP contribution in [0.5, 0.6) is 0 Å². The van der Waals surface area contributed by atoms with Crippen molar-refractivity contribution in [3.8, 4) is 11.3 Å². The summed E-state index contributed by atoms with van der Waals surface area (Å²) < 4.78 is 29.0. The molecule has 4 rings (SSSR count). The Kier molecular flexibility index (Phi) is 5.63. The summed E-state index contributed by atoms with van der Waals surface area (Å²) in [6.07, 6.45) is -0.0599. The zero-order valence-electron chi connectivity index (χ0n) is 16.6. The second-order valence-electron chi connectivity index (χ2n) is 7.28. The van der Waals surface area contributed by atoms with Gasteiger partial charge in [0.15, 0.2) is 0 Å². The molecule has 1 aliphatic rings. The van der Waals surface area contributed by atoms with Gasteiger partial charge in [-0.05, 0) is 29.8 Å². The second kappa shape index (κ2) is 8.40. The highest BCUT2D eigenvalue weighted by atomic mass is 35.5.